The molecule has 1 N–H and O–H groups in total. The predicted octanol–water partition coefficient (Wildman–Crippen LogP) is 5.82. The third-order valence-corrected chi connectivity index (χ3v) is 5.02. The highest BCUT2D eigenvalue weighted by Gasteiger charge is 2.30. The van der Waals surface area contributed by atoms with E-state index in [0.29, 0.717) is 17.1 Å². The second-order valence-electron chi connectivity index (χ2n) is 5.97. The first-order chi connectivity index (χ1) is 12.9. The Balaban J connectivity index is 1.61. The van der Waals surface area contributed by atoms with Gasteiger partial charge < -0.3 is 5.32 Å². The van der Waals surface area contributed by atoms with Gasteiger partial charge in [-0.15, -0.1) is 0 Å². The van der Waals surface area contributed by atoms with E-state index in [1.54, 1.807) is 6.07 Å². The smallest absolute Gasteiger partial charge is 0.340 e. The number of fused-ring (bicyclic) bond motifs is 1. The Kier molecular flexibility index (Phi) is 4.27. The van der Waals surface area contributed by atoms with Gasteiger partial charge in [-0.2, -0.15) is 17.5 Å². The van der Waals surface area contributed by atoms with Gasteiger partial charge in [0, 0.05) is 22.7 Å². The number of aryl methyl sites for hydroxylation is 1. The van der Waals surface area contributed by atoms with E-state index in [1.807, 2.05) is 25.1 Å². The maximum absolute atomic E-state index is 12.7. The standard InChI is InChI=1S/C19H13F3N4S/c1-11-15-8-14(6-7-17(15)27-26-11)25-18-9-16(23-10-24-18)12-2-4-13(5-3-12)19(20,21)22/h2-10H,1H3,(H,23,24,25). The van der Waals surface area contributed by atoms with Crippen LogP contribution in [0.2, 0.25) is 0 Å². The summed E-state index contributed by atoms with van der Waals surface area (Å²) in [5.74, 6) is 0.556. The topological polar surface area (TPSA) is 50.7 Å². The van der Waals surface area contributed by atoms with Crippen molar-refractivity contribution in [3.8, 4) is 11.3 Å². The van der Waals surface area contributed by atoms with Gasteiger partial charge in [0.15, 0.2) is 0 Å². The van der Waals surface area contributed by atoms with Crippen molar-refractivity contribution in [1.82, 2.24) is 14.3 Å². The van der Waals surface area contributed by atoms with Gasteiger partial charge in [-0.05, 0) is 48.8 Å². The summed E-state index contributed by atoms with van der Waals surface area (Å²) in [5, 5.41) is 4.28. The van der Waals surface area contributed by atoms with Crippen LogP contribution in [0.4, 0.5) is 24.7 Å². The first-order valence-electron chi connectivity index (χ1n) is 8.03. The molecule has 2 aromatic heterocycles. The van der Waals surface area contributed by atoms with Crippen LogP contribution in [0.15, 0.2) is 54.9 Å². The molecule has 4 nitrogen and oxygen atoms in total. The van der Waals surface area contributed by atoms with Crippen molar-refractivity contribution in [2.24, 2.45) is 0 Å². The zero-order valence-corrected chi connectivity index (χ0v) is 14.9. The Hall–Kier alpha value is -3.00. The van der Waals surface area contributed by atoms with Gasteiger partial charge in [-0.1, -0.05) is 12.1 Å². The first kappa shape index (κ1) is 17.4. The summed E-state index contributed by atoms with van der Waals surface area (Å²) in [4.78, 5) is 8.35. The molecule has 0 fully saturated rings. The molecule has 8 heteroatoms. The molecule has 0 aliphatic rings. The van der Waals surface area contributed by atoms with Crippen LogP contribution in [0.3, 0.4) is 0 Å². The van der Waals surface area contributed by atoms with Gasteiger partial charge in [-0.3, -0.25) is 0 Å². The van der Waals surface area contributed by atoms with Crippen LogP contribution in [0, 0.1) is 6.92 Å². The Labute approximate surface area is 156 Å². The maximum Gasteiger partial charge on any atom is 0.416 e. The molecule has 0 saturated carbocycles. The zero-order valence-electron chi connectivity index (χ0n) is 14.1. The summed E-state index contributed by atoms with van der Waals surface area (Å²) in [6.45, 7) is 1.95. The SMILES string of the molecule is Cc1nsc2ccc(Nc3cc(-c4ccc(C(F)(F)F)cc4)ncn3)cc12. The highest BCUT2D eigenvalue weighted by atomic mass is 32.1. The van der Waals surface area contributed by atoms with E-state index in [4.69, 9.17) is 0 Å². The third kappa shape index (κ3) is 3.61. The Morgan fingerprint density at radius 3 is 2.48 bits per heavy atom. The number of rotatable bonds is 3. The molecular weight excluding hydrogens is 373 g/mol. The first-order valence-corrected chi connectivity index (χ1v) is 8.80. The molecule has 2 aromatic carbocycles. The van der Waals surface area contributed by atoms with Crippen LogP contribution < -0.4 is 5.32 Å². The lowest BCUT2D eigenvalue weighted by molar-refractivity contribution is -0.137. The highest BCUT2D eigenvalue weighted by molar-refractivity contribution is 7.13. The Bertz CT molecular complexity index is 1100. The van der Waals surface area contributed by atoms with Crippen LogP contribution in [0.25, 0.3) is 21.3 Å². The Morgan fingerprint density at radius 1 is 0.963 bits per heavy atom. The minimum Gasteiger partial charge on any atom is -0.340 e. The highest BCUT2D eigenvalue weighted by Crippen LogP contribution is 2.31. The summed E-state index contributed by atoms with van der Waals surface area (Å²) in [6, 6.07) is 12.5. The minimum atomic E-state index is -4.36. The zero-order chi connectivity index (χ0) is 19.0. The minimum absolute atomic E-state index is 0.538. The van der Waals surface area contributed by atoms with Crippen molar-refractivity contribution in [3.05, 3.63) is 66.1 Å². The number of hydrogen-bond acceptors (Lipinski definition) is 5. The van der Waals surface area contributed by atoms with Crippen LogP contribution >= 0.6 is 11.5 Å². The van der Waals surface area contributed by atoms with E-state index >= 15 is 0 Å². The molecule has 4 rings (SSSR count). The van der Waals surface area contributed by atoms with Crippen molar-refractivity contribution in [3.63, 3.8) is 0 Å². The number of aromatic nitrogens is 3. The lowest BCUT2D eigenvalue weighted by Crippen LogP contribution is -2.04. The van der Waals surface area contributed by atoms with Crippen molar-refractivity contribution < 1.29 is 13.2 Å². The fourth-order valence-corrected chi connectivity index (χ4v) is 3.47. The Morgan fingerprint density at radius 2 is 1.74 bits per heavy atom. The molecule has 0 atom stereocenters. The lowest BCUT2D eigenvalue weighted by Gasteiger charge is -2.09. The van der Waals surface area contributed by atoms with E-state index < -0.39 is 11.7 Å². The molecule has 0 saturated heterocycles. The van der Waals surface area contributed by atoms with Crippen molar-refractivity contribution in [1.29, 1.82) is 0 Å². The molecule has 27 heavy (non-hydrogen) atoms. The van der Waals surface area contributed by atoms with Crippen molar-refractivity contribution in [2.75, 3.05) is 5.32 Å². The number of halogens is 3. The van der Waals surface area contributed by atoms with Gasteiger partial charge in [0.05, 0.1) is 21.7 Å². The summed E-state index contributed by atoms with van der Waals surface area (Å²) >= 11 is 1.45. The largest absolute Gasteiger partial charge is 0.416 e. The molecule has 0 aliphatic carbocycles. The molecule has 2 heterocycles. The van der Waals surface area contributed by atoms with Crippen LogP contribution in [-0.2, 0) is 6.18 Å². The van der Waals surface area contributed by atoms with Crippen LogP contribution in [-0.4, -0.2) is 14.3 Å². The average molecular weight is 386 g/mol. The number of nitrogens with one attached hydrogen (secondary N) is 1. The molecule has 136 valence electrons. The summed E-state index contributed by atoms with van der Waals surface area (Å²) in [5.41, 5.74) is 2.25. The lowest BCUT2D eigenvalue weighted by atomic mass is 10.1. The van der Waals surface area contributed by atoms with E-state index in [0.717, 1.165) is 33.6 Å². The summed E-state index contributed by atoms with van der Waals surface area (Å²) in [7, 11) is 0. The molecule has 0 unspecified atom stereocenters. The van der Waals surface area contributed by atoms with Crippen LogP contribution in [0.1, 0.15) is 11.3 Å². The van der Waals surface area contributed by atoms with Gasteiger partial charge in [0.2, 0.25) is 0 Å². The third-order valence-electron chi connectivity index (χ3n) is 4.10. The average Bonchev–Trinajstić information content (AvgIpc) is 3.02. The fraction of sp³-hybridized carbons (Fsp3) is 0.105. The molecule has 0 radical (unpaired) electrons. The monoisotopic (exact) mass is 386 g/mol. The van der Waals surface area contributed by atoms with Gasteiger partial charge in [-0.25, -0.2) is 9.97 Å². The summed E-state index contributed by atoms with van der Waals surface area (Å²) < 4.78 is 43.5. The number of alkyl halides is 3. The van der Waals surface area contributed by atoms with Gasteiger partial charge >= 0.3 is 6.18 Å². The quantitative estimate of drug-likeness (QED) is 0.482. The normalized spacial score (nSPS) is 11.7. The van der Waals surface area contributed by atoms with Gasteiger partial charge in [0.1, 0.15) is 12.1 Å². The molecule has 0 spiro atoms. The number of hydrogen-bond donors (Lipinski definition) is 1. The fourth-order valence-electron chi connectivity index (χ4n) is 2.70. The molecular formula is C19H13F3N4S. The van der Waals surface area contributed by atoms with Crippen molar-refractivity contribution >= 4 is 33.1 Å². The number of anilines is 2. The number of benzene rings is 2. The molecule has 0 bridgehead atoms. The number of nitrogens with zero attached hydrogens (tertiary/aromatic N) is 3. The molecule has 4 aromatic rings. The summed E-state index contributed by atoms with van der Waals surface area (Å²) in [6.07, 6.45) is -2.98. The predicted molar refractivity (Wildman–Crippen MR) is 100 cm³/mol. The second kappa shape index (κ2) is 6.62. The van der Waals surface area contributed by atoms with Crippen molar-refractivity contribution in [2.45, 2.75) is 13.1 Å². The second-order valence-corrected chi connectivity index (χ2v) is 6.77. The van der Waals surface area contributed by atoms with Crippen LogP contribution in [0.5, 0.6) is 0 Å². The van der Waals surface area contributed by atoms with Gasteiger partial charge in [0.25, 0.3) is 0 Å². The maximum atomic E-state index is 12.7. The van der Waals surface area contributed by atoms with E-state index in [9.17, 15) is 13.2 Å². The van der Waals surface area contributed by atoms with E-state index in [1.165, 1.54) is 30.0 Å². The van der Waals surface area contributed by atoms with E-state index in [2.05, 4.69) is 19.7 Å². The molecule has 0 aliphatic heterocycles. The molecule has 0 amide bonds. The van der Waals surface area contributed by atoms with E-state index in [-0.39, 0.29) is 0 Å².